The maximum Gasteiger partial charge on any atom is 0.150 e. The molecule has 18 heavy (non-hydrogen) atoms. The average Bonchev–Trinajstić information content (AvgIpc) is 2.82. The Labute approximate surface area is 110 Å². The Morgan fingerprint density at radius 1 is 1.22 bits per heavy atom. The minimum atomic E-state index is 0.240. The van der Waals surface area contributed by atoms with Crippen LogP contribution < -0.4 is 5.73 Å². The lowest BCUT2D eigenvalue weighted by atomic mass is 9.81. The molecule has 102 valence electrons. The molecule has 1 aliphatic rings. The average molecular weight is 250 g/mol. The smallest absolute Gasteiger partial charge is 0.150 e. The van der Waals surface area contributed by atoms with Crippen molar-refractivity contribution >= 4 is 0 Å². The molecule has 0 aromatic carbocycles. The Morgan fingerprint density at radius 2 is 2.00 bits per heavy atom. The van der Waals surface area contributed by atoms with Crippen LogP contribution in [0.3, 0.4) is 0 Å². The molecule has 1 aliphatic carbocycles. The van der Waals surface area contributed by atoms with E-state index in [1.807, 2.05) is 0 Å². The van der Waals surface area contributed by atoms with Gasteiger partial charge in [-0.2, -0.15) is 5.10 Å². The van der Waals surface area contributed by atoms with Crippen LogP contribution in [0.5, 0.6) is 0 Å². The number of hydrogen-bond donors (Lipinski definition) is 1. The van der Waals surface area contributed by atoms with E-state index in [0.717, 1.165) is 43.3 Å². The lowest BCUT2D eigenvalue weighted by Gasteiger charge is -2.34. The normalized spacial score (nSPS) is 28.6. The van der Waals surface area contributed by atoms with Gasteiger partial charge in [-0.25, -0.2) is 9.67 Å². The third kappa shape index (κ3) is 2.58. The zero-order valence-electron chi connectivity index (χ0n) is 11.9. The summed E-state index contributed by atoms with van der Waals surface area (Å²) < 4.78 is 2.13. The standard InChI is InChI=1S/C14H26N4/c1-4-10-7-8-11(15)12(9-10)18-14(6-3)16-13(5-2)17-18/h10-12H,4-9,15H2,1-3H3. The molecule has 4 nitrogen and oxygen atoms in total. The minimum absolute atomic E-state index is 0.240. The molecule has 0 spiro atoms. The van der Waals surface area contributed by atoms with Gasteiger partial charge in [0.1, 0.15) is 5.82 Å². The Morgan fingerprint density at radius 3 is 2.61 bits per heavy atom. The fourth-order valence-corrected chi connectivity index (χ4v) is 2.97. The third-order valence-electron chi connectivity index (χ3n) is 4.25. The molecular formula is C14H26N4. The summed E-state index contributed by atoms with van der Waals surface area (Å²) in [6.45, 7) is 6.53. The molecule has 0 amide bonds. The number of aryl methyl sites for hydroxylation is 2. The van der Waals surface area contributed by atoms with Crippen molar-refractivity contribution in [1.82, 2.24) is 14.8 Å². The largest absolute Gasteiger partial charge is 0.326 e. The number of aromatic nitrogens is 3. The van der Waals surface area contributed by atoms with Gasteiger partial charge in [0, 0.05) is 18.9 Å². The van der Waals surface area contributed by atoms with Crippen LogP contribution in [0.2, 0.25) is 0 Å². The Kier molecular flexibility index (Phi) is 4.38. The monoisotopic (exact) mass is 250 g/mol. The van der Waals surface area contributed by atoms with Gasteiger partial charge in [-0.05, 0) is 25.2 Å². The van der Waals surface area contributed by atoms with Crippen LogP contribution >= 0.6 is 0 Å². The van der Waals surface area contributed by atoms with Gasteiger partial charge in [0.25, 0.3) is 0 Å². The molecule has 0 bridgehead atoms. The highest BCUT2D eigenvalue weighted by atomic mass is 15.4. The van der Waals surface area contributed by atoms with Crippen LogP contribution in [0.1, 0.15) is 64.1 Å². The Bertz CT molecular complexity index is 385. The maximum absolute atomic E-state index is 6.31. The lowest BCUT2D eigenvalue weighted by Crippen LogP contribution is -2.38. The molecule has 1 heterocycles. The number of hydrogen-bond acceptors (Lipinski definition) is 3. The van der Waals surface area contributed by atoms with Gasteiger partial charge < -0.3 is 5.73 Å². The predicted octanol–water partition coefficient (Wildman–Crippen LogP) is 2.48. The van der Waals surface area contributed by atoms with Crippen molar-refractivity contribution < 1.29 is 0 Å². The van der Waals surface area contributed by atoms with Crippen LogP contribution in [0.15, 0.2) is 0 Å². The molecule has 3 atom stereocenters. The van der Waals surface area contributed by atoms with E-state index in [4.69, 9.17) is 5.73 Å². The van der Waals surface area contributed by atoms with E-state index in [9.17, 15) is 0 Å². The second kappa shape index (κ2) is 5.83. The van der Waals surface area contributed by atoms with Gasteiger partial charge >= 0.3 is 0 Å². The molecule has 0 radical (unpaired) electrons. The van der Waals surface area contributed by atoms with Crippen molar-refractivity contribution in [2.45, 2.75) is 71.4 Å². The van der Waals surface area contributed by atoms with Gasteiger partial charge in [0.15, 0.2) is 5.82 Å². The summed E-state index contributed by atoms with van der Waals surface area (Å²) in [6, 6.07) is 0.593. The summed E-state index contributed by atoms with van der Waals surface area (Å²) in [5.74, 6) is 2.86. The van der Waals surface area contributed by atoms with E-state index in [1.165, 1.54) is 12.8 Å². The first-order chi connectivity index (χ1) is 8.69. The van der Waals surface area contributed by atoms with E-state index in [0.29, 0.717) is 6.04 Å². The third-order valence-corrected chi connectivity index (χ3v) is 4.25. The Balaban J connectivity index is 2.24. The fourth-order valence-electron chi connectivity index (χ4n) is 2.97. The topological polar surface area (TPSA) is 56.7 Å². The summed E-state index contributed by atoms with van der Waals surface area (Å²) in [4.78, 5) is 4.60. The van der Waals surface area contributed by atoms with E-state index >= 15 is 0 Å². The highest BCUT2D eigenvalue weighted by Gasteiger charge is 2.30. The molecule has 0 saturated heterocycles. The van der Waals surface area contributed by atoms with Crippen LogP contribution in [-0.4, -0.2) is 20.8 Å². The van der Waals surface area contributed by atoms with Gasteiger partial charge in [0.05, 0.1) is 6.04 Å². The van der Waals surface area contributed by atoms with Gasteiger partial charge in [-0.15, -0.1) is 0 Å². The summed E-state index contributed by atoms with van der Waals surface area (Å²) in [5, 5.41) is 4.67. The van der Waals surface area contributed by atoms with Crippen molar-refractivity contribution in [3.63, 3.8) is 0 Å². The SMILES string of the molecule is CCc1nc(CC)n(C2CC(CC)CCC2N)n1. The van der Waals surface area contributed by atoms with Crippen LogP contribution in [-0.2, 0) is 12.8 Å². The van der Waals surface area contributed by atoms with Gasteiger partial charge in [0.2, 0.25) is 0 Å². The highest BCUT2D eigenvalue weighted by molar-refractivity contribution is 4.98. The van der Waals surface area contributed by atoms with Gasteiger partial charge in [-0.3, -0.25) is 0 Å². The van der Waals surface area contributed by atoms with E-state index < -0.39 is 0 Å². The van der Waals surface area contributed by atoms with Crippen LogP contribution in [0.25, 0.3) is 0 Å². The molecule has 1 saturated carbocycles. The van der Waals surface area contributed by atoms with Crippen LogP contribution in [0.4, 0.5) is 0 Å². The molecule has 2 N–H and O–H groups in total. The highest BCUT2D eigenvalue weighted by Crippen LogP contribution is 2.33. The summed E-state index contributed by atoms with van der Waals surface area (Å²) >= 11 is 0. The lowest BCUT2D eigenvalue weighted by molar-refractivity contribution is 0.213. The first-order valence-corrected chi connectivity index (χ1v) is 7.39. The quantitative estimate of drug-likeness (QED) is 0.893. The van der Waals surface area contributed by atoms with Crippen molar-refractivity contribution in [1.29, 1.82) is 0 Å². The summed E-state index contributed by atoms with van der Waals surface area (Å²) in [5.41, 5.74) is 6.31. The zero-order valence-corrected chi connectivity index (χ0v) is 11.9. The molecule has 0 aliphatic heterocycles. The van der Waals surface area contributed by atoms with Crippen molar-refractivity contribution in [3.05, 3.63) is 11.6 Å². The van der Waals surface area contributed by atoms with Crippen LogP contribution in [0, 0.1) is 5.92 Å². The summed E-state index contributed by atoms with van der Waals surface area (Å²) in [7, 11) is 0. The number of nitrogens with two attached hydrogens (primary N) is 1. The molecule has 2 rings (SSSR count). The van der Waals surface area contributed by atoms with E-state index in [-0.39, 0.29) is 6.04 Å². The second-order valence-electron chi connectivity index (χ2n) is 5.41. The molecule has 4 heteroatoms. The first kappa shape index (κ1) is 13.5. The molecule has 1 aromatic heterocycles. The molecule has 1 fully saturated rings. The first-order valence-electron chi connectivity index (χ1n) is 7.39. The maximum atomic E-state index is 6.31. The number of rotatable bonds is 4. The second-order valence-corrected chi connectivity index (χ2v) is 5.41. The Hall–Kier alpha value is -0.900. The van der Waals surface area contributed by atoms with Crippen molar-refractivity contribution in [3.8, 4) is 0 Å². The molecule has 3 unspecified atom stereocenters. The van der Waals surface area contributed by atoms with E-state index in [2.05, 4.69) is 35.5 Å². The fraction of sp³-hybridized carbons (Fsp3) is 0.857. The predicted molar refractivity (Wildman–Crippen MR) is 73.4 cm³/mol. The minimum Gasteiger partial charge on any atom is -0.326 e. The molecular weight excluding hydrogens is 224 g/mol. The van der Waals surface area contributed by atoms with Crippen molar-refractivity contribution in [2.24, 2.45) is 11.7 Å². The van der Waals surface area contributed by atoms with E-state index in [1.54, 1.807) is 0 Å². The van der Waals surface area contributed by atoms with Crippen molar-refractivity contribution in [2.75, 3.05) is 0 Å². The molecule has 1 aromatic rings. The van der Waals surface area contributed by atoms with Gasteiger partial charge in [-0.1, -0.05) is 27.2 Å². The zero-order chi connectivity index (χ0) is 13.1. The number of nitrogens with zero attached hydrogens (tertiary/aromatic N) is 3. The summed E-state index contributed by atoms with van der Waals surface area (Å²) in [6.07, 6.45) is 6.64.